The monoisotopic (exact) mass is 209 g/mol. The molecule has 84 valence electrons. The van der Waals surface area contributed by atoms with E-state index in [2.05, 4.69) is 23.8 Å². The van der Waals surface area contributed by atoms with Crippen LogP contribution in [-0.2, 0) is 11.2 Å². The highest BCUT2D eigenvalue weighted by molar-refractivity contribution is 5.31. The van der Waals surface area contributed by atoms with E-state index in [0.717, 1.165) is 24.5 Å². The van der Waals surface area contributed by atoms with E-state index in [1.54, 1.807) is 0 Å². The Hall–Kier alpha value is -1.16. The molecule has 1 aromatic rings. The molecule has 1 heterocycles. The molecule has 0 aromatic carbocycles. The molecular formula is C11H19N3O. The van der Waals surface area contributed by atoms with Crippen molar-refractivity contribution in [1.29, 1.82) is 0 Å². The minimum atomic E-state index is 0.376. The standard InChI is InChI=1S/C11H19N3O/c1-4-15-6-5-11-13-9(8(2)3)7-10(12)14-11/h7-8H,4-6H2,1-3H3,(H2,12,13,14). The second-order valence-electron chi connectivity index (χ2n) is 3.74. The van der Waals surface area contributed by atoms with Crippen molar-refractivity contribution in [1.82, 2.24) is 9.97 Å². The predicted molar refractivity (Wildman–Crippen MR) is 60.7 cm³/mol. The summed E-state index contributed by atoms with van der Waals surface area (Å²) in [6.07, 6.45) is 0.721. The molecule has 0 aliphatic heterocycles. The highest BCUT2D eigenvalue weighted by atomic mass is 16.5. The zero-order valence-electron chi connectivity index (χ0n) is 9.66. The SMILES string of the molecule is CCOCCc1nc(N)cc(C(C)C)n1. The molecule has 1 aromatic heterocycles. The van der Waals surface area contributed by atoms with Gasteiger partial charge in [-0.05, 0) is 12.8 Å². The van der Waals surface area contributed by atoms with Crippen LogP contribution in [0.15, 0.2) is 6.07 Å². The number of ether oxygens (including phenoxy) is 1. The van der Waals surface area contributed by atoms with E-state index >= 15 is 0 Å². The number of anilines is 1. The van der Waals surface area contributed by atoms with Crippen molar-refractivity contribution in [3.05, 3.63) is 17.6 Å². The maximum atomic E-state index is 5.71. The third-order valence-electron chi connectivity index (χ3n) is 2.08. The number of aromatic nitrogens is 2. The van der Waals surface area contributed by atoms with Gasteiger partial charge < -0.3 is 10.5 Å². The van der Waals surface area contributed by atoms with E-state index in [-0.39, 0.29) is 0 Å². The summed E-state index contributed by atoms with van der Waals surface area (Å²) >= 11 is 0. The van der Waals surface area contributed by atoms with Crippen LogP contribution in [-0.4, -0.2) is 23.2 Å². The summed E-state index contributed by atoms with van der Waals surface area (Å²) in [6, 6.07) is 1.83. The van der Waals surface area contributed by atoms with Crippen LogP contribution in [0.2, 0.25) is 0 Å². The highest BCUT2D eigenvalue weighted by Gasteiger charge is 2.05. The zero-order valence-corrected chi connectivity index (χ0v) is 9.66. The summed E-state index contributed by atoms with van der Waals surface area (Å²) in [7, 11) is 0. The van der Waals surface area contributed by atoms with Gasteiger partial charge in [-0.3, -0.25) is 0 Å². The largest absolute Gasteiger partial charge is 0.384 e. The van der Waals surface area contributed by atoms with Crippen LogP contribution in [0.1, 0.15) is 38.2 Å². The summed E-state index contributed by atoms with van der Waals surface area (Å²) < 4.78 is 5.26. The normalized spacial score (nSPS) is 10.9. The van der Waals surface area contributed by atoms with Crippen molar-refractivity contribution in [3.63, 3.8) is 0 Å². The summed E-state index contributed by atoms with van der Waals surface area (Å²) in [5, 5.41) is 0. The van der Waals surface area contributed by atoms with E-state index < -0.39 is 0 Å². The summed E-state index contributed by atoms with van der Waals surface area (Å²) in [5.74, 6) is 1.69. The van der Waals surface area contributed by atoms with Crippen molar-refractivity contribution in [2.24, 2.45) is 0 Å². The lowest BCUT2D eigenvalue weighted by Gasteiger charge is -2.08. The van der Waals surface area contributed by atoms with Gasteiger partial charge in [0.05, 0.1) is 6.61 Å². The number of nitrogens with two attached hydrogens (primary N) is 1. The first-order chi connectivity index (χ1) is 7.13. The number of hydrogen-bond acceptors (Lipinski definition) is 4. The van der Waals surface area contributed by atoms with Crippen molar-refractivity contribution in [3.8, 4) is 0 Å². The van der Waals surface area contributed by atoms with Gasteiger partial charge in [0.15, 0.2) is 0 Å². The van der Waals surface area contributed by atoms with E-state index in [4.69, 9.17) is 10.5 Å². The van der Waals surface area contributed by atoms with E-state index in [0.29, 0.717) is 18.3 Å². The van der Waals surface area contributed by atoms with E-state index in [1.165, 1.54) is 0 Å². The Morgan fingerprint density at radius 1 is 1.40 bits per heavy atom. The molecule has 4 heteroatoms. The van der Waals surface area contributed by atoms with Gasteiger partial charge in [-0.15, -0.1) is 0 Å². The number of nitrogen functional groups attached to an aromatic ring is 1. The highest BCUT2D eigenvalue weighted by Crippen LogP contribution is 2.13. The predicted octanol–water partition coefficient (Wildman–Crippen LogP) is 1.76. The zero-order chi connectivity index (χ0) is 11.3. The lowest BCUT2D eigenvalue weighted by atomic mass is 10.1. The van der Waals surface area contributed by atoms with Crippen molar-refractivity contribution in [2.45, 2.75) is 33.1 Å². The molecule has 15 heavy (non-hydrogen) atoms. The minimum Gasteiger partial charge on any atom is -0.384 e. The number of rotatable bonds is 5. The maximum Gasteiger partial charge on any atom is 0.133 e. The maximum absolute atomic E-state index is 5.71. The van der Waals surface area contributed by atoms with Gasteiger partial charge in [0, 0.05) is 24.8 Å². The van der Waals surface area contributed by atoms with E-state index in [9.17, 15) is 0 Å². The molecule has 0 aliphatic rings. The molecule has 0 spiro atoms. The molecule has 0 radical (unpaired) electrons. The number of hydrogen-bond donors (Lipinski definition) is 1. The van der Waals surface area contributed by atoms with Gasteiger partial charge in [-0.1, -0.05) is 13.8 Å². The fourth-order valence-electron chi connectivity index (χ4n) is 1.25. The van der Waals surface area contributed by atoms with E-state index in [1.807, 2.05) is 13.0 Å². The summed E-state index contributed by atoms with van der Waals surface area (Å²) in [5.41, 5.74) is 6.70. The fourth-order valence-corrected chi connectivity index (χ4v) is 1.25. The Kier molecular flexibility index (Phi) is 4.49. The van der Waals surface area contributed by atoms with Crippen LogP contribution in [0.4, 0.5) is 5.82 Å². The third kappa shape index (κ3) is 3.83. The molecule has 2 N–H and O–H groups in total. The average molecular weight is 209 g/mol. The van der Waals surface area contributed by atoms with Gasteiger partial charge in [0.25, 0.3) is 0 Å². The molecule has 0 saturated carbocycles. The van der Waals surface area contributed by atoms with Crippen molar-refractivity contribution >= 4 is 5.82 Å². The van der Waals surface area contributed by atoms with Crippen LogP contribution in [0, 0.1) is 0 Å². The van der Waals surface area contributed by atoms with Gasteiger partial charge in [0.2, 0.25) is 0 Å². The average Bonchev–Trinajstić information content (AvgIpc) is 2.17. The Balaban J connectivity index is 2.71. The van der Waals surface area contributed by atoms with Crippen LogP contribution >= 0.6 is 0 Å². The lowest BCUT2D eigenvalue weighted by molar-refractivity contribution is 0.149. The first-order valence-electron chi connectivity index (χ1n) is 5.34. The molecule has 1 rings (SSSR count). The van der Waals surface area contributed by atoms with Crippen LogP contribution < -0.4 is 5.73 Å². The van der Waals surface area contributed by atoms with Crippen LogP contribution in [0.25, 0.3) is 0 Å². The van der Waals surface area contributed by atoms with Gasteiger partial charge in [-0.2, -0.15) is 0 Å². The second-order valence-corrected chi connectivity index (χ2v) is 3.74. The Morgan fingerprint density at radius 2 is 2.13 bits per heavy atom. The molecule has 0 amide bonds. The number of nitrogens with zero attached hydrogens (tertiary/aromatic N) is 2. The second kappa shape index (κ2) is 5.66. The molecule has 0 fully saturated rings. The lowest BCUT2D eigenvalue weighted by Crippen LogP contribution is -2.07. The quantitative estimate of drug-likeness (QED) is 0.751. The van der Waals surface area contributed by atoms with Crippen molar-refractivity contribution < 1.29 is 4.74 Å². The Labute approximate surface area is 90.9 Å². The first kappa shape index (κ1) is 11.9. The van der Waals surface area contributed by atoms with Crippen LogP contribution in [0.3, 0.4) is 0 Å². The molecule has 0 atom stereocenters. The molecule has 0 aliphatic carbocycles. The molecule has 4 nitrogen and oxygen atoms in total. The Bertz CT molecular complexity index is 313. The fraction of sp³-hybridized carbons (Fsp3) is 0.636. The first-order valence-corrected chi connectivity index (χ1v) is 5.34. The van der Waals surface area contributed by atoms with Gasteiger partial charge in [-0.25, -0.2) is 9.97 Å². The minimum absolute atomic E-state index is 0.376. The molecule has 0 unspecified atom stereocenters. The molecule has 0 saturated heterocycles. The van der Waals surface area contributed by atoms with Gasteiger partial charge >= 0.3 is 0 Å². The summed E-state index contributed by atoms with van der Waals surface area (Å²) in [6.45, 7) is 7.53. The topological polar surface area (TPSA) is 61.0 Å². The molecule has 0 bridgehead atoms. The Morgan fingerprint density at radius 3 is 2.73 bits per heavy atom. The van der Waals surface area contributed by atoms with Crippen LogP contribution in [0.5, 0.6) is 0 Å². The van der Waals surface area contributed by atoms with Gasteiger partial charge in [0.1, 0.15) is 11.6 Å². The molecular weight excluding hydrogens is 190 g/mol. The third-order valence-corrected chi connectivity index (χ3v) is 2.08. The summed E-state index contributed by atoms with van der Waals surface area (Å²) in [4.78, 5) is 8.61. The van der Waals surface area contributed by atoms with Crippen molar-refractivity contribution in [2.75, 3.05) is 18.9 Å². The smallest absolute Gasteiger partial charge is 0.133 e.